The van der Waals surface area contributed by atoms with Crippen LogP contribution in [0.1, 0.15) is 39.5 Å². The first-order valence-corrected chi connectivity index (χ1v) is 5.37. The fraction of sp³-hybridized carbons (Fsp3) is 1.00. The molecule has 1 nitrogen and oxygen atoms in total. The van der Waals surface area contributed by atoms with Crippen LogP contribution in [0.4, 0.5) is 0 Å². The summed E-state index contributed by atoms with van der Waals surface area (Å²) in [6, 6.07) is 0.914. The first kappa shape index (κ1) is 8.55. The Bertz CT molecular complexity index is 170. The van der Waals surface area contributed by atoms with Gasteiger partial charge in [0, 0.05) is 6.04 Å². The molecule has 12 heavy (non-hydrogen) atoms. The molecule has 1 saturated carbocycles. The van der Waals surface area contributed by atoms with Crippen molar-refractivity contribution in [2.75, 3.05) is 13.6 Å². The molecule has 0 N–H and O–H groups in total. The lowest BCUT2D eigenvalue weighted by Crippen LogP contribution is -2.36. The van der Waals surface area contributed by atoms with Crippen LogP contribution < -0.4 is 0 Å². The number of nitrogens with zero attached hydrogens (tertiary/aromatic N) is 1. The molecule has 0 amide bonds. The highest BCUT2D eigenvalue weighted by atomic mass is 15.2. The van der Waals surface area contributed by atoms with Crippen LogP contribution in [0.15, 0.2) is 0 Å². The standard InChI is InChI=1S/C11H21N/c1-9(2)11(6-7-11)10-5-4-8-12(10)3/h9-10H,4-8H2,1-3H3/t10-/m0/s1. The van der Waals surface area contributed by atoms with E-state index in [1.807, 2.05) is 0 Å². The fourth-order valence-corrected chi connectivity index (χ4v) is 3.08. The van der Waals surface area contributed by atoms with Gasteiger partial charge in [0.1, 0.15) is 0 Å². The molecule has 2 rings (SSSR count). The van der Waals surface area contributed by atoms with E-state index in [-0.39, 0.29) is 0 Å². The molecule has 1 atom stereocenters. The van der Waals surface area contributed by atoms with Crippen LogP contribution in [0.25, 0.3) is 0 Å². The van der Waals surface area contributed by atoms with Gasteiger partial charge in [-0.15, -0.1) is 0 Å². The minimum atomic E-state index is 0.727. The minimum absolute atomic E-state index is 0.727. The van der Waals surface area contributed by atoms with Crippen LogP contribution in [0.2, 0.25) is 0 Å². The van der Waals surface area contributed by atoms with Crippen LogP contribution in [0, 0.1) is 11.3 Å². The Kier molecular flexibility index (Phi) is 1.95. The van der Waals surface area contributed by atoms with Crippen molar-refractivity contribution in [3.05, 3.63) is 0 Å². The Morgan fingerprint density at radius 1 is 1.33 bits per heavy atom. The van der Waals surface area contributed by atoms with Gasteiger partial charge >= 0.3 is 0 Å². The lowest BCUT2D eigenvalue weighted by molar-refractivity contribution is 0.164. The molecule has 0 bridgehead atoms. The second kappa shape index (κ2) is 2.73. The lowest BCUT2D eigenvalue weighted by Gasteiger charge is -2.32. The van der Waals surface area contributed by atoms with Gasteiger partial charge < -0.3 is 4.90 Å². The van der Waals surface area contributed by atoms with Crippen LogP contribution >= 0.6 is 0 Å². The van der Waals surface area contributed by atoms with Crippen molar-refractivity contribution in [2.45, 2.75) is 45.6 Å². The van der Waals surface area contributed by atoms with Crippen molar-refractivity contribution >= 4 is 0 Å². The maximum atomic E-state index is 2.59. The average molecular weight is 167 g/mol. The van der Waals surface area contributed by atoms with Gasteiger partial charge in [0.15, 0.2) is 0 Å². The molecule has 0 unspecified atom stereocenters. The van der Waals surface area contributed by atoms with Crippen LogP contribution in [-0.4, -0.2) is 24.5 Å². The third kappa shape index (κ3) is 1.10. The predicted molar refractivity (Wildman–Crippen MR) is 52.2 cm³/mol. The molecule has 0 aromatic rings. The first-order valence-electron chi connectivity index (χ1n) is 5.37. The number of likely N-dealkylation sites (tertiary alicyclic amines) is 1. The quantitative estimate of drug-likeness (QED) is 0.611. The van der Waals surface area contributed by atoms with E-state index in [1.54, 1.807) is 0 Å². The van der Waals surface area contributed by atoms with Crippen molar-refractivity contribution < 1.29 is 0 Å². The largest absolute Gasteiger partial charge is 0.303 e. The zero-order chi connectivity index (χ0) is 8.77. The summed E-state index contributed by atoms with van der Waals surface area (Å²) in [5, 5.41) is 0. The molecule has 1 saturated heterocycles. The van der Waals surface area contributed by atoms with Gasteiger partial charge in [-0.05, 0) is 50.6 Å². The molecular formula is C11H21N. The highest BCUT2D eigenvalue weighted by Gasteiger charge is 2.53. The molecule has 2 fully saturated rings. The number of rotatable bonds is 2. The van der Waals surface area contributed by atoms with Crippen molar-refractivity contribution in [1.82, 2.24) is 4.90 Å². The molecule has 1 heteroatoms. The van der Waals surface area contributed by atoms with E-state index in [0.717, 1.165) is 17.4 Å². The predicted octanol–water partition coefficient (Wildman–Crippen LogP) is 2.52. The van der Waals surface area contributed by atoms with Gasteiger partial charge in [0.05, 0.1) is 0 Å². The molecule has 1 aliphatic carbocycles. The summed E-state index contributed by atoms with van der Waals surface area (Å²) in [5.74, 6) is 0.892. The Morgan fingerprint density at radius 2 is 2.00 bits per heavy atom. The number of hydrogen-bond acceptors (Lipinski definition) is 1. The second-order valence-corrected chi connectivity index (χ2v) is 5.03. The van der Waals surface area contributed by atoms with Crippen LogP contribution in [0.5, 0.6) is 0 Å². The van der Waals surface area contributed by atoms with E-state index in [2.05, 4.69) is 25.8 Å². The third-order valence-electron chi connectivity index (χ3n) is 4.16. The molecule has 70 valence electrons. The molecule has 0 aromatic heterocycles. The van der Waals surface area contributed by atoms with E-state index >= 15 is 0 Å². The lowest BCUT2D eigenvalue weighted by atomic mass is 9.83. The van der Waals surface area contributed by atoms with Crippen molar-refractivity contribution in [2.24, 2.45) is 11.3 Å². The SMILES string of the molecule is CC(C)C1([C@@H]2CCCN2C)CC1. The van der Waals surface area contributed by atoms with Gasteiger partial charge in [-0.1, -0.05) is 13.8 Å². The zero-order valence-corrected chi connectivity index (χ0v) is 8.64. The monoisotopic (exact) mass is 167 g/mol. The Balaban J connectivity index is 2.08. The molecule has 1 aliphatic heterocycles. The van der Waals surface area contributed by atoms with Crippen molar-refractivity contribution in [3.63, 3.8) is 0 Å². The van der Waals surface area contributed by atoms with Gasteiger partial charge in [-0.2, -0.15) is 0 Å². The Labute approximate surface area is 76.1 Å². The third-order valence-corrected chi connectivity index (χ3v) is 4.16. The van der Waals surface area contributed by atoms with Crippen molar-refractivity contribution in [3.8, 4) is 0 Å². The highest BCUT2D eigenvalue weighted by Crippen LogP contribution is 2.57. The molecule has 1 heterocycles. The van der Waals surface area contributed by atoms with Gasteiger partial charge in [-0.25, -0.2) is 0 Å². The summed E-state index contributed by atoms with van der Waals surface area (Å²) >= 11 is 0. The first-order chi connectivity index (χ1) is 5.67. The van der Waals surface area contributed by atoms with Gasteiger partial charge in [0.25, 0.3) is 0 Å². The van der Waals surface area contributed by atoms with E-state index in [4.69, 9.17) is 0 Å². The Hall–Kier alpha value is -0.0400. The molecule has 2 aliphatic rings. The van der Waals surface area contributed by atoms with Gasteiger partial charge in [-0.3, -0.25) is 0 Å². The molecule has 0 aromatic carbocycles. The van der Waals surface area contributed by atoms with Crippen LogP contribution in [0.3, 0.4) is 0 Å². The normalized spacial score (nSPS) is 34.5. The van der Waals surface area contributed by atoms with Crippen LogP contribution in [-0.2, 0) is 0 Å². The van der Waals surface area contributed by atoms with E-state index < -0.39 is 0 Å². The minimum Gasteiger partial charge on any atom is -0.303 e. The second-order valence-electron chi connectivity index (χ2n) is 5.03. The summed E-state index contributed by atoms with van der Waals surface area (Å²) in [6.07, 6.45) is 5.85. The Morgan fingerprint density at radius 3 is 2.33 bits per heavy atom. The van der Waals surface area contributed by atoms with E-state index in [0.29, 0.717) is 0 Å². The molecule has 0 radical (unpaired) electrons. The zero-order valence-electron chi connectivity index (χ0n) is 8.64. The molecule has 0 spiro atoms. The maximum Gasteiger partial charge on any atom is 0.0152 e. The molecular weight excluding hydrogens is 146 g/mol. The number of hydrogen-bond donors (Lipinski definition) is 0. The highest BCUT2D eigenvalue weighted by molar-refractivity contribution is 5.05. The summed E-state index contributed by atoms with van der Waals surface area (Å²) in [6.45, 7) is 6.14. The van der Waals surface area contributed by atoms with E-state index in [9.17, 15) is 0 Å². The summed E-state index contributed by atoms with van der Waals surface area (Å²) < 4.78 is 0. The van der Waals surface area contributed by atoms with Gasteiger partial charge in [0.2, 0.25) is 0 Å². The summed E-state index contributed by atoms with van der Waals surface area (Å²) in [7, 11) is 2.31. The summed E-state index contributed by atoms with van der Waals surface area (Å²) in [4.78, 5) is 2.59. The maximum absolute atomic E-state index is 2.59. The topological polar surface area (TPSA) is 3.24 Å². The smallest absolute Gasteiger partial charge is 0.0152 e. The summed E-state index contributed by atoms with van der Waals surface area (Å²) in [5.41, 5.74) is 0.727. The average Bonchev–Trinajstić information content (AvgIpc) is 2.71. The van der Waals surface area contributed by atoms with Crippen molar-refractivity contribution in [1.29, 1.82) is 0 Å². The van der Waals surface area contributed by atoms with E-state index in [1.165, 1.54) is 32.2 Å². The fourth-order valence-electron chi connectivity index (χ4n) is 3.08.